The van der Waals surface area contributed by atoms with Crippen molar-refractivity contribution in [3.8, 4) is 12.3 Å². The molecule has 0 aliphatic rings. The first-order valence-electron chi connectivity index (χ1n) is 3.12. The summed E-state index contributed by atoms with van der Waals surface area (Å²) in [6.45, 7) is 0.0969. The highest BCUT2D eigenvalue weighted by Gasteiger charge is 1.93. The highest BCUT2D eigenvalue weighted by atomic mass is 16.3. The Kier molecular flexibility index (Phi) is 5.50. The zero-order valence-electron chi connectivity index (χ0n) is 5.76. The van der Waals surface area contributed by atoms with Gasteiger partial charge in [0.2, 0.25) is 5.91 Å². The fraction of sp³-hybridized carbons (Fsp3) is 0.571. The first-order chi connectivity index (χ1) is 4.81. The van der Waals surface area contributed by atoms with Crippen molar-refractivity contribution in [3.63, 3.8) is 0 Å². The molecular weight excluding hydrogens is 130 g/mol. The summed E-state index contributed by atoms with van der Waals surface area (Å²) in [4.78, 5) is 10.4. The highest BCUT2D eigenvalue weighted by molar-refractivity contribution is 5.76. The number of amides is 1. The molecular formula is C7H11NO2. The van der Waals surface area contributed by atoms with E-state index in [9.17, 15) is 4.79 Å². The van der Waals surface area contributed by atoms with Gasteiger partial charge in [0, 0.05) is 13.0 Å². The molecule has 0 atom stereocenters. The topological polar surface area (TPSA) is 49.3 Å². The van der Waals surface area contributed by atoms with Gasteiger partial charge >= 0.3 is 0 Å². The number of unbranched alkanes of at least 4 members (excludes halogenated alkanes) is 1. The van der Waals surface area contributed by atoms with E-state index < -0.39 is 6.61 Å². The number of carbonyl (C=O) groups excluding carboxylic acids is 1. The van der Waals surface area contributed by atoms with Crippen molar-refractivity contribution in [1.82, 2.24) is 5.32 Å². The molecule has 0 unspecified atom stereocenters. The molecule has 0 bridgehead atoms. The molecule has 0 spiro atoms. The summed E-state index contributed by atoms with van der Waals surface area (Å²) in [7, 11) is 0. The second-order valence-corrected chi connectivity index (χ2v) is 1.82. The van der Waals surface area contributed by atoms with Crippen molar-refractivity contribution in [2.45, 2.75) is 12.8 Å². The Hall–Kier alpha value is -1.01. The maximum absolute atomic E-state index is 10.4. The van der Waals surface area contributed by atoms with Gasteiger partial charge in [-0.25, -0.2) is 0 Å². The van der Waals surface area contributed by atoms with Crippen LogP contribution in [0.15, 0.2) is 0 Å². The van der Waals surface area contributed by atoms with Crippen LogP contribution < -0.4 is 5.32 Å². The number of carbonyl (C=O) groups is 1. The number of hydrogen-bond donors (Lipinski definition) is 2. The molecule has 0 saturated carbocycles. The Balaban J connectivity index is 3.05. The Labute approximate surface area is 60.4 Å². The second kappa shape index (κ2) is 6.12. The lowest BCUT2D eigenvalue weighted by atomic mass is 10.3. The molecule has 0 radical (unpaired) electrons. The third-order valence-corrected chi connectivity index (χ3v) is 0.964. The van der Waals surface area contributed by atoms with Gasteiger partial charge in [0.1, 0.15) is 6.61 Å². The minimum Gasteiger partial charge on any atom is -0.387 e. The smallest absolute Gasteiger partial charge is 0.245 e. The molecule has 3 nitrogen and oxygen atoms in total. The van der Waals surface area contributed by atoms with Crippen molar-refractivity contribution in [1.29, 1.82) is 0 Å². The summed E-state index contributed by atoms with van der Waals surface area (Å²) in [5, 5.41) is 10.7. The Morgan fingerprint density at radius 2 is 2.40 bits per heavy atom. The first-order valence-corrected chi connectivity index (χ1v) is 3.12. The van der Waals surface area contributed by atoms with Gasteiger partial charge in [-0.1, -0.05) is 0 Å². The number of aliphatic hydroxyl groups excluding tert-OH is 1. The Morgan fingerprint density at radius 3 is 2.90 bits per heavy atom. The number of rotatable bonds is 4. The first kappa shape index (κ1) is 8.99. The SMILES string of the molecule is C#CCCCNC(=O)CO. The quantitative estimate of drug-likeness (QED) is 0.410. The van der Waals surface area contributed by atoms with Crippen molar-refractivity contribution in [2.75, 3.05) is 13.2 Å². The third kappa shape index (κ3) is 5.13. The minimum atomic E-state index is -0.448. The highest BCUT2D eigenvalue weighted by Crippen LogP contribution is 1.81. The Bertz CT molecular complexity index is 137. The Morgan fingerprint density at radius 1 is 1.70 bits per heavy atom. The molecule has 2 N–H and O–H groups in total. The molecule has 56 valence electrons. The molecule has 0 aromatic heterocycles. The zero-order valence-corrected chi connectivity index (χ0v) is 5.76. The molecule has 0 aliphatic heterocycles. The lowest BCUT2D eigenvalue weighted by Gasteiger charge is -1.98. The van der Waals surface area contributed by atoms with Gasteiger partial charge in [-0.15, -0.1) is 12.3 Å². The number of nitrogens with one attached hydrogen (secondary N) is 1. The van der Waals surface area contributed by atoms with Crippen LogP contribution in [0, 0.1) is 12.3 Å². The molecule has 0 aromatic carbocycles. The van der Waals surface area contributed by atoms with Gasteiger partial charge in [0.25, 0.3) is 0 Å². The van der Waals surface area contributed by atoms with E-state index in [2.05, 4.69) is 11.2 Å². The molecule has 1 amide bonds. The van der Waals surface area contributed by atoms with Crippen LogP contribution in [-0.2, 0) is 4.79 Å². The van der Waals surface area contributed by atoms with Crippen molar-refractivity contribution >= 4 is 5.91 Å². The van der Waals surface area contributed by atoms with Gasteiger partial charge in [0.15, 0.2) is 0 Å². The fourth-order valence-corrected chi connectivity index (χ4v) is 0.474. The van der Waals surface area contributed by atoms with Gasteiger partial charge in [-0.2, -0.15) is 0 Å². The molecule has 10 heavy (non-hydrogen) atoms. The van der Waals surface area contributed by atoms with E-state index >= 15 is 0 Å². The van der Waals surface area contributed by atoms with E-state index in [1.165, 1.54) is 0 Å². The van der Waals surface area contributed by atoms with E-state index in [0.717, 1.165) is 6.42 Å². The molecule has 0 rings (SSSR count). The largest absolute Gasteiger partial charge is 0.387 e. The zero-order chi connectivity index (χ0) is 7.82. The summed E-state index contributed by atoms with van der Waals surface area (Å²) < 4.78 is 0. The molecule has 0 aliphatic carbocycles. The lowest BCUT2D eigenvalue weighted by molar-refractivity contribution is -0.123. The number of hydrogen-bond acceptors (Lipinski definition) is 2. The van der Waals surface area contributed by atoms with Crippen LogP contribution in [0.2, 0.25) is 0 Å². The van der Waals surface area contributed by atoms with E-state index in [-0.39, 0.29) is 5.91 Å². The molecule has 0 saturated heterocycles. The van der Waals surface area contributed by atoms with E-state index in [0.29, 0.717) is 13.0 Å². The van der Waals surface area contributed by atoms with Crippen LogP contribution in [0.4, 0.5) is 0 Å². The molecule has 0 aromatic rings. The average Bonchev–Trinajstić information content (AvgIpc) is 1.98. The van der Waals surface area contributed by atoms with Crippen molar-refractivity contribution < 1.29 is 9.90 Å². The van der Waals surface area contributed by atoms with E-state index in [1.807, 2.05) is 0 Å². The van der Waals surface area contributed by atoms with Gasteiger partial charge in [0.05, 0.1) is 0 Å². The van der Waals surface area contributed by atoms with Crippen LogP contribution >= 0.6 is 0 Å². The van der Waals surface area contributed by atoms with Gasteiger partial charge in [-0.05, 0) is 6.42 Å². The van der Waals surface area contributed by atoms with Gasteiger partial charge < -0.3 is 10.4 Å². The fourth-order valence-electron chi connectivity index (χ4n) is 0.474. The van der Waals surface area contributed by atoms with Crippen LogP contribution in [0.5, 0.6) is 0 Å². The summed E-state index contributed by atoms with van der Waals surface area (Å²) in [5.41, 5.74) is 0. The maximum Gasteiger partial charge on any atom is 0.245 e. The molecule has 3 heteroatoms. The van der Waals surface area contributed by atoms with Crippen LogP contribution in [0.1, 0.15) is 12.8 Å². The summed E-state index contributed by atoms with van der Waals surface area (Å²) in [6, 6.07) is 0. The normalized spacial score (nSPS) is 8.40. The van der Waals surface area contributed by atoms with Crippen molar-refractivity contribution in [2.24, 2.45) is 0 Å². The molecule has 0 fully saturated rings. The van der Waals surface area contributed by atoms with Crippen molar-refractivity contribution in [3.05, 3.63) is 0 Å². The average molecular weight is 141 g/mol. The van der Waals surface area contributed by atoms with E-state index in [1.54, 1.807) is 0 Å². The van der Waals surface area contributed by atoms with Crippen LogP contribution in [0.3, 0.4) is 0 Å². The number of aliphatic hydroxyl groups is 1. The maximum atomic E-state index is 10.4. The van der Waals surface area contributed by atoms with Gasteiger partial charge in [-0.3, -0.25) is 4.79 Å². The van der Waals surface area contributed by atoms with Crippen LogP contribution in [0.25, 0.3) is 0 Å². The summed E-state index contributed by atoms with van der Waals surface area (Å²) in [6.07, 6.45) is 6.39. The minimum absolute atomic E-state index is 0.350. The second-order valence-electron chi connectivity index (χ2n) is 1.82. The lowest BCUT2D eigenvalue weighted by Crippen LogP contribution is -2.26. The summed E-state index contributed by atoms with van der Waals surface area (Å²) >= 11 is 0. The monoisotopic (exact) mass is 141 g/mol. The van der Waals surface area contributed by atoms with Crippen LogP contribution in [-0.4, -0.2) is 24.2 Å². The predicted octanol–water partition coefficient (Wildman–Crippen LogP) is -0.492. The predicted molar refractivity (Wildman–Crippen MR) is 38.2 cm³/mol. The summed E-state index contributed by atoms with van der Waals surface area (Å²) in [5.74, 6) is 2.10. The third-order valence-electron chi connectivity index (χ3n) is 0.964. The molecule has 0 heterocycles. The standard InChI is InChI=1S/C7H11NO2/c1-2-3-4-5-8-7(10)6-9/h1,9H,3-6H2,(H,8,10). The number of terminal acetylenes is 1. The van der Waals surface area contributed by atoms with E-state index in [4.69, 9.17) is 11.5 Å².